The molecule has 0 radical (unpaired) electrons. The van der Waals surface area contributed by atoms with Crippen molar-refractivity contribution in [3.63, 3.8) is 0 Å². The van der Waals surface area contributed by atoms with Gasteiger partial charge in [-0.25, -0.2) is 0 Å². The van der Waals surface area contributed by atoms with Crippen LogP contribution in [0, 0.1) is 0 Å². The van der Waals surface area contributed by atoms with Crippen LogP contribution in [0.2, 0.25) is 0 Å². The molecular weight excluding hydrogens is 196 g/mol. The van der Waals surface area contributed by atoms with Crippen molar-refractivity contribution in [2.45, 2.75) is 19.8 Å². The third kappa shape index (κ3) is 2.09. The monoisotopic (exact) mass is 212 g/mol. The van der Waals surface area contributed by atoms with E-state index in [1.54, 1.807) is 0 Å². The zero-order chi connectivity index (χ0) is 11.4. The van der Waals surface area contributed by atoms with Crippen LogP contribution in [-0.4, -0.2) is 24.4 Å². The number of rotatable bonds is 4. The average molecular weight is 212 g/mol. The summed E-state index contributed by atoms with van der Waals surface area (Å²) < 4.78 is 9.95. The Bertz CT molecular complexity index is 347. The predicted molar refractivity (Wildman–Crippen MR) is 56.9 cm³/mol. The van der Waals surface area contributed by atoms with Gasteiger partial charge in [0.2, 0.25) is 11.5 Å². The molecule has 4 nitrogen and oxygen atoms in total. The van der Waals surface area contributed by atoms with Gasteiger partial charge in [0, 0.05) is 5.56 Å². The number of hydrogen-bond donors (Lipinski definition) is 2. The van der Waals surface area contributed by atoms with Crippen LogP contribution in [0.25, 0.3) is 0 Å². The highest BCUT2D eigenvalue weighted by Crippen LogP contribution is 2.45. The van der Waals surface area contributed by atoms with Gasteiger partial charge in [0.05, 0.1) is 14.2 Å². The van der Waals surface area contributed by atoms with Crippen LogP contribution in [-0.2, 0) is 6.42 Å². The summed E-state index contributed by atoms with van der Waals surface area (Å²) in [5.41, 5.74) is 0.660. The molecule has 0 aliphatic rings. The molecule has 0 saturated heterocycles. The summed E-state index contributed by atoms with van der Waals surface area (Å²) in [6.45, 7) is 1.99. The first-order chi connectivity index (χ1) is 7.15. The lowest BCUT2D eigenvalue weighted by Gasteiger charge is -2.13. The lowest BCUT2D eigenvalue weighted by atomic mass is 10.1. The van der Waals surface area contributed by atoms with Crippen molar-refractivity contribution in [1.29, 1.82) is 0 Å². The molecule has 0 amide bonds. The van der Waals surface area contributed by atoms with Gasteiger partial charge >= 0.3 is 0 Å². The molecule has 2 N–H and O–H groups in total. The zero-order valence-corrected chi connectivity index (χ0v) is 9.20. The Morgan fingerprint density at radius 1 is 1.13 bits per heavy atom. The predicted octanol–water partition coefficient (Wildman–Crippen LogP) is 2.07. The number of aromatic hydroxyl groups is 2. The molecule has 0 aromatic heterocycles. The Kier molecular flexibility index (Phi) is 3.66. The van der Waals surface area contributed by atoms with Crippen LogP contribution in [0.4, 0.5) is 0 Å². The molecule has 1 aromatic rings. The summed E-state index contributed by atoms with van der Waals surface area (Å²) >= 11 is 0. The summed E-state index contributed by atoms with van der Waals surface area (Å²) in [5.74, 6) is 0.361. The van der Waals surface area contributed by atoms with Crippen LogP contribution < -0.4 is 9.47 Å². The molecule has 1 aromatic carbocycles. The molecule has 0 aliphatic carbocycles. The molecule has 0 fully saturated rings. The van der Waals surface area contributed by atoms with Crippen molar-refractivity contribution in [3.8, 4) is 23.0 Å². The fourth-order valence-corrected chi connectivity index (χ4v) is 1.52. The summed E-state index contributed by atoms with van der Waals surface area (Å²) in [6, 6.07) is 1.50. The van der Waals surface area contributed by atoms with E-state index in [-0.39, 0.29) is 23.0 Å². The highest BCUT2D eigenvalue weighted by molar-refractivity contribution is 5.61. The minimum absolute atomic E-state index is 0.0180. The van der Waals surface area contributed by atoms with Gasteiger partial charge in [-0.3, -0.25) is 0 Å². The Balaban J connectivity index is 3.30. The second kappa shape index (κ2) is 4.77. The molecule has 4 heteroatoms. The van der Waals surface area contributed by atoms with Crippen molar-refractivity contribution in [1.82, 2.24) is 0 Å². The quantitative estimate of drug-likeness (QED) is 0.750. The second-order valence-electron chi connectivity index (χ2n) is 3.22. The average Bonchev–Trinajstić information content (AvgIpc) is 2.22. The Hall–Kier alpha value is -1.58. The van der Waals surface area contributed by atoms with E-state index in [1.165, 1.54) is 20.3 Å². The maximum absolute atomic E-state index is 9.84. The fourth-order valence-electron chi connectivity index (χ4n) is 1.52. The zero-order valence-electron chi connectivity index (χ0n) is 9.20. The number of hydrogen-bond acceptors (Lipinski definition) is 4. The summed E-state index contributed by atoms with van der Waals surface area (Å²) in [5, 5.41) is 19.5. The molecular formula is C11H16O4. The third-order valence-corrected chi connectivity index (χ3v) is 2.20. The first-order valence-electron chi connectivity index (χ1n) is 4.81. The van der Waals surface area contributed by atoms with Crippen molar-refractivity contribution in [2.24, 2.45) is 0 Å². The number of phenolic OH excluding ortho intramolecular Hbond substituents is 2. The van der Waals surface area contributed by atoms with Crippen molar-refractivity contribution in [2.75, 3.05) is 14.2 Å². The molecule has 0 unspecified atom stereocenters. The minimum atomic E-state index is -0.0180. The standard InChI is InChI=1S/C11H16O4/c1-4-5-7-6-8(12)10(14-2)11(15-3)9(7)13/h6,12-13H,4-5H2,1-3H3. The van der Waals surface area contributed by atoms with Gasteiger partial charge in [-0.15, -0.1) is 0 Å². The highest BCUT2D eigenvalue weighted by atomic mass is 16.5. The number of methoxy groups -OCH3 is 2. The van der Waals surface area contributed by atoms with E-state index in [0.29, 0.717) is 12.0 Å². The molecule has 0 bridgehead atoms. The van der Waals surface area contributed by atoms with Gasteiger partial charge in [0.1, 0.15) is 0 Å². The van der Waals surface area contributed by atoms with E-state index >= 15 is 0 Å². The highest BCUT2D eigenvalue weighted by Gasteiger charge is 2.18. The van der Waals surface area contributed by atoms with Crippen LogP contribution in [0.15, 0.2) is 6.07 Å². The maximum atomic E-state index is 9.84. The Labute approximate surface area is 89.1 Å². The van der Waals surface area contributed by atoms with Gasteiger partial charge in [0.25, 0.3) is 0 Å². The van der Waals surface area contributed by atoms with E-state index < -0.39 is 0 Å². The minimum Gasteiger partial charge on any atom is -0.504 e. The van der Waals surface area contributed by atoms with Gasteiger partial charge in [0.15, 0.2) is 11.5 Å². The van der Waals surface area contributed by atoms with E-state index in [1.807, 2.05) is 6.92 Å². The molecule has 0 heterocycles. The SMILES string of the molecule is CCCc1cc(O)c(OC)c(OC)c1O. The normalized spacial score (nSPS) is 10.1. The molecule has 15 heavy (non-hydrogen) atoms. The van der Waals surface area contributed by atoms with Crippen LogP contribution in [0.1, 0.15) is 18.9 Å². The third-order valence-electron chi connectivity index (χ3n) is 2.20. The topological polar surface area (TPSA) is 58.9 Å². The second-order valence-corrected chi connectivity index (χ2v) is 3.22. The van der Waals surface area contributed by atoms with E-state index in [4.69, 9.17) is 9.47 Å². The number of phenols is 2. The lowest BCUT2D eigenvalue weighted by Crippen LogP contribution is -1.95. The van der Waals surface area contributed by atoms with Gasteiger partial charge in [-0.2, -0.15) is 0 Å². The van der Waals surface area contributed by atoms with Crippen molar-refractivity contribution in [3.05, 3.63) is 11.6 Å². The lowest BCUT2D eigenvalue weighted by molar-refractivity contribution is 0.315. The molecule has 0 aliphatic heterocycles. The first kappa shape index (κ1) is 11.5. The van der Waals surface area contributed by atoms with Crippen LogP contribution in [0.3, 0.4) is 0 Å². The Morgan fingerprint density at radius 2 is 1.73 bits per heavy atom. The Morgan fingerprint density at radius 3 is 2.20 bits per heavy atom. The summed E-state index contributed by atoms with van der Waals surface area (Å²) in [6.07, 6.45) is 1.56. The van der Waals surface area contributed by atoms with Gasteiger partial charge < -0.3 is 19.7 Å². The van der Waals surface area contributed by atoms with Gasteiger partial charge in [-0.05, 0) is 12.5 Å². The number of aryl methyl sites for hydroxylation is 1. The molecule has 0 saturated carbocycles. The van der Waals surface area contributed by atoms with Crippen molar-refractivity contribution >= 4 is 0 Å². The largest absolute Gasteiger partial charge is 0.504 e. The molecule has 84 valence electrons. The van der Waals surface area contributed by atoms with Crippen LogP contribution >= 0.6 is 0 Å². The summed E-state index contributed by atoms with van der Waals surface area (Å²) in [7, 11) is 2.84. The molecule has 0 spiro atoms. The van der Waals surface area contributed by atoms with Crippen molar-refractivity contribution < 1.29 is 19.7 Å². The first-order valence-corrected chi connectivity index (χ1v) is 4.81. The number of benzene rings is 1. The van der Waals surface area contributed by atoms with E-state index in [2.05, 4.69) is 0 Å². The van der Waals surface area contributed by atoms with E-state index in [9.17, 15) is 10.2 Å². The molecule has 1 rings (SSSR count). The molecule has 0 atom stereocenters. The van der Waals surface area contributed by atoms with Gasteiger partial charge in [-0.1, -0.05) is 13.3 Å². The van der Waals surface area contributed by atoms with Crippen LogP contribution in [0.5, 0.6) is 23.0 Å². The maximum Gasteiger partial charge on any atom is 0.207 e. The summed E-state index contributed by atoms with van der Waals surface area (Å²) in [4.78, 5) is 0. The fraction of sp³-hybridized carbons (Fsp3) is 0.455. The van der Waals surface area contributed by atoms with E-state index in [0.717, 1.165) is 6.42 Å². The number of ether oxygens (including phenoxy) is 2. The smallest absolute Gasteiger partial charge is 0.207 e.